The fraction of sp³-hybridized carbons (Fsp3) is 0.263. The van der Waals surface area contributed by atoms with Gasteiger partial charge in [0.05, 0.1) is 11.3 Å². The van der Waals surface area contributed by atoms with E-state index in [-0.39, 0.29) is 0 Å². The molecule has 0 aliphatic heterocycles. The molecule has 0 aliphatic carbocycles. The molecule has 156 valence electrons. The number of anilines is 1. The molecule has 0 fully saturated rings. The monoisotopic (exact) mass is 415 g/mol. The van der Waals surface area contributed by atoms with Crippen LogP contribution >= 0.6 is 0 Å². The Hall–Kier alpha value is -3.17. The van der Waals surface area contributed by atoms with Crippen LogP contribution < -0.4 is 16.2 Å². The molecule has 0 unspecified atom stereocenters. The first-order valence-electron chi connectivity index (χ1n) is 8.49. The van der Waals surface area contributed by atoms with Crippen molar-refractivity contribution >= 4 is 17.5 Å². The second-order valence-corrected chi connectivity index (χ2v) is 6.45. The number of carbonyl (C=O) groups is 2. The number of rotatable bonds is 6. The van der Waals surface area contributed by atoms with E-state index in [0.717, 1.165) is 30.3 Å². The lowest BCUT2D eigenvalue weighted by Crippen LogP contribution is -2.51. The summed E-state index contributed by atoms with van der Waals surface area (Å²) < 4.78 is 66.6. The molecule has 10 heteroatoms. The first kappa shape index (κ1) is 22.1. The third kappa shape index (κ3) is 5.43. The van der Waals surface area contributed by atoms with Crippen LogP contribution in [0.4, 0.5) is 27.6 Å². The largest absolute Gasteiger partial charge is 0.418 e. The summed E-state index contributed by atoms with van der Waals surface area (Å²) in [5.74, 6) is -4.80. The van der Waals surface area contributed by atoms with Crippen LogP contribution in [-0.2, 0) is 11.0 Å². The van der Waals surface area contributed by atoms with Gasteiger partial charge in [0.1, 0.15) is 23.2 Å². The van der Waals surface area contributed by atoms with Crippen molar-refractivity contribution in [3.63, 3.8) is 0 Å². The topological polar surface area (TPSA) is 70.2 Å². The molecule has 2 rings (SSSR count). The highest BCUT2D eigenvalue weighted by atomic mass is 19.4. The quantitative estimate of drug-likeness (QED) is 0.495. The van der Waals surface area contributed by atoms with Crippen LogP contribution in [0.1, 0.15) is 29.8 Å². The average Bonchev–Trinajstić information content (AvgIpc) is 2.63. The zero-order valence-corrected chi connectivity index (χ0v) is 15.4. The lowest BCUT2D eigenvalue weighted by atomic mass is 10.0. The fourth-order valence-corrected chi connectivity index (χ4v) is 2.51. The molecule has 0 heterocycles. The molecule has 0 aliphatic rings. The van der Waals surface area contributed by atoms with Crippen LogP contribution in [0.3, 0.4) is 0 Å². The number of para-hydroxylation sites is 1. The van der Waals surface area contributed by atoms with Crippen molar-refractivity contribution in [3.05, 3.63) is 65.2 Å². The number of carbonyl (C=O) groups excluding carboxylic acids is 2. The first-order valence-corrected chi connectivity index (χ1v) is 8.49. The van der Waals surface area contributed by atoms with Crippen molar-refractivity contribution in [2.45, 2.75) is 26.1 Å². The Labute approximate surface area is 163 Å². The van der Waals surface area contributed by atoms with Crippen molar-refractivity contribution in [2.24, 2.45) is 5.92 Å². The predicted molar refractivity (Wildman–Crippen MR) is 95.7 cm³/mol. The Morgan fingerprint density at radius 1 is 0.931 bits per heavy atom. The van der Waals surface area contributed by atoms with Gasteiger partial charge in [0.2, 0.25) is 0 Å². The number of benzene rings is 2. The normalized spacial score (nSPS) is 12.4. The molecule has 5 nitrogen and oxygen atoms in total. The van der Waals surface area contributed by atoms with E-state index < -0.39 is 58.4 Å². The molecule has 2 amide bonds. The number of hydrogen-bond acceptors (Lipinski definition) is 3. The van der Waals surface area contributed by atoms with Gasteiger partial charge < -0.3 is 5.32 Å². The second-order valence-electron chi connectivity index (χ2n) is 6.45. The standard InChI is InChI=1S/C19H18F5N3O2/c1-10(2)16(25-17(28)15-12(20)7-5-8-13(15)21)18(29)27-26-14-9-4-3-6-11(14)19(22,23)24/h3-10,16,26H,1-2H3,(H,25,28)(H,27,29)/t16-/m1/s1. The zero-order valence-electron chi connectivity index (χ0n) is 15.4. The van der Waals surface area contributed by atoms with E-state index in [1.165, 1.54) is 12.1 Å². The maximum atomic E-state index is 13.8. The number of hydrazine groups is 1. The van der Waals surface area contributed by atoms with Gasteiger partial charge in [-0.1, -0.05) is 32.0 Å². The van der Waals surface area contributed by atoms with E-state index in [2.05, 4.69) is 16.2 Å². The number of alkyl halides is 3. The minimum absolute atomic E-state index is 0.401. The van der Waals surface area contributed by atoms with E-state index in [1.54, 1.807) is 13.8 Å². The molecular weight excluding hydrogens is 397 g/mol. The highest BCUT2D eigenvalue weighted by molar-refractivity contribution is 5.98. The zero-order chi connectivity index (χ0) is 21.8. The lowest BCUT2D eigenvalue weighted by molar-refractivity contribution is -0.137. The Balaban J connectivity index is 2.14. The first-order chi connectivity index (χ1) is 13.5. The molecule has 2 aromatic carbocycles. The van der Waals surface area contributed by atoms with Gasteiger partial charge in [0, 0.05) is 0 Å². The third-order valence-corrected chi connectivity index (χ3v) is 3.98. The minimum Gasteiger partial charge on any atom is -0.340 e. The average molecular weight is 415 g/mol. The summed E-state index contributed by atoms with van der Waals surface area (Å²) in [6.07, 6.45) is -4.65. The van der Waals surface area contributed by atoms with Gasteiger partial charge >= 0.3 is 6.18 Å². The Morgan fingerprint density at radius 2 is 1.52 bits per heavy atom. The number of hydrogen-bond donors (Lipinski definition) is 3. The highest BCUT2D eigenvalue weighted by Crippen LogP contribution is 2.34. The SMILES string of the molecule is CC(C)[C@@H](NC(=O)c1c(F)cccc1F)C(=O)NNc1ccccc1C(F)(F)F. The van der Waals surface area contributed by atoms with Crippen LogP contribution in [0, 0.1) is 17.6 Å². The second kappa shape index (κ2) is 8.89. The molecule has 1 atom stereocenters. The highest BCUT2D eigenvalue weighted by Gasteiger charge is 2.33. The van der Waals surface area contributed by atoms with Crippen LogP contribution in [0.2, 0.25) is 0 Å². The van der Waals surface area contributed by atoms with Gasteiger partial charge in [-0.2, -0.15) is 13.2 Å². The van der Waals surface area contributed by atoms with Crippen molar-refractivity contribution in [1.29, 1.82) is 0 Å². The summed E-state index contributed by atoms with van der Waals surface area (Å²) in [7, 11) is 0. The van der Waals surface area contributed by atoms with E-state index in [1.807, 2.05) is 0 Å². The Bertz CT molecular complexity index is 879. The number of amides is 2. The van der Waals surface area contributed by atoms with Crippen LogP contribution in [0.15, 0.2) is 42.5 Å². The molecule has 3 N–H and O–H groups in total. The molecule has 0 aromatic heterocycles. The third-order valence-electron chi connectivity index (χ3n) is 3.98. The summed E-state index contributed by atoms with van der Waals surface area (Å²) >= 11 is 0. The van der Waals surface area contributed by atoms with Crippen molar-refractivity contribution < 1.29 is 31.5 Å². The smallest absolute Gasteiger partial charge is 0.340 e. The van der Waals surface area contributed by atoms with Crippen molar-refractivity contribution in [3.8, 4) is 0 Å². The van der Waals surface area contributed by atoms with Crippen LogP contribution in [0.5, 0.6) is 0 Å². The van der Waals surface area contributed by atoms with Crippen molar-refractivity contribution in [2.75, 3.05) is 5.43 Å². The molecule has 2 aromatic rings. The number of halogens is 5. The molecule has 29 heavy (non-hydrogen) atoms. The fourth-order valence-electron chi connectivity index (χ4n) is 2.51. The summed E-state index contributed by atoms with van der Waals surface area (Å²) in [6, 6.07) is 6.05. The van der Waals surface area contributed by atoms with E-state index in [0.29, 0.717) is 0 Å². The molecule has 0 radical (unpaired) electrons. The summed E-state index contributed by atoms with van der Waals surface area (Å²) in [5.41, 5.74) is 2.00. The van der Waals surface area contributed by atoms with Gasteiger partial charge in [-0.3, -0.25) is 20.4 Å². The molecular formula is C19H18F5N3O2. The van der Waals surface area contributed by atoms with Gasteiger partial charge in [-0.25, -0.2) is 8.78 Å². The Morgan fingerprint density at radius 3 is 2.07 bits per heavy atom. The number of nitrogens with one attached hydrogen (secondary N) is 3. The molecule has 0 bridgehead atoms. The predicted octanol–water partition coefficient (Wildman–Crippen LogP) is 3.88. The summed E-state index contributed by atoms with van der Waals surface area (Å²) in [5, 5.41) is 2.20. The van der Waals surface area contributed by atoms with Gasteiger partial charge in [-0.05, 0) is 30.2 Å². The van der Waals surface area contributed by atoms with Crippen molar-refractivity contribution in [1.82, 2.24) is 10.7 Å². The van der Waals surface area contributed by atoms with E-state index in [4.69, 9.17) is 0 Å². The summed E-state index contributed by atoms with van der Waals surface area (Å²) in [6.45, 7) is 3.10. The maximum Gasteiger partial charge on any atom is 0.418 e. The summed E-state index contributed by atoms with van der Waals surface area (Å²) in [4.78, 5) is 24.6. The minimum atomic E-state index is -4.65. The van der Waals surface area contributed by atoms with E-state index >= 15 is 0 Å². The Kier molecular flexibility index (Phi) is 6.78. The lowest BCUT2D eigenvalue weighted by Gasteiger charge is -2.23. The maximum absolute atomic E-state index is 13.8. The van der Waals surface area contributed by atoms with Gasteiger partial charge in [0.15, 0.2) is 0 Å². The van der Waals surface area contributed by atoms with Crippen LogP contribution in [0.25, 0.3) is 0 Å². The molecule has 0 saturated carbocycles. The van der Waals surface area contributed by atoms with Crippen LogP contribution in [-0.4, -0.2) is 17.9 Å². The van der Waals surface area contributed by atoms with E-state index in [9.17, 15) is 31.5 Å². The van der Waals surface area contributed by atoms with Gasteiger partial charge in [0.25, 0.3) is 11.8 Å². The molecule has 0 spiro atoms. The molecule has 0 saturated heterocycles. The van der Waals surface area contributed by atoms with Gasteiger partial charge in [-0.15, -0.1) is 0 Å².